The van der Waals surface area contributed by atoms with Gasteiger partial charge in [0.15, 0.2) is 0 Å². The molecule has 3 rings (SSSR count). The van der Waals surface area contributed by atoms with Gasteiger partial charge in [-0.3, -0.25) is 0 Å². The fourth-order valence-corrected chi connectivity index (χ4v) is 11.4. The van der Waals surface area contributed by atoms with Crippen molar-refractivity contribution in [3.63, 3.8) is 0 Å². The van der Waals surface area contributed by atoms with Crippen molar-refractivity contribution in [3.8, 4) is 0 Å². The van der Waals surface area contributed by atoms with Gasteiger partial charge in [-0.05, 0) is 0 Å². The van der Waals surface area contributed by atoms with Gasteiger partial charge in [0.1, 0.15) is 0 Å². The van der Waals surface area contributed by atoms with Gasteiger partial charge in [0.25, 0.3) is 0 Å². The third-order valence-electron chi connectivity index (χ3n) is 4.90. The molecule has 0 fully saturated rings. The summed E-state index contributed by atoms with van der Waals surface area (Å²) in [6, 6.07) is 22.3. The Kier molecular flexibility index (Phi) is 6.44. The van der Waals surface area contributed by atoms with Crippen molar-refractivity contribution in [3.05, 3.63) is 92.3 Å². The number of hydrogen-bond donors (Lipinski definition) is 0. The van der Waals surface area contributed by atoms with Crippen molar-refractivity contribution in [2.45, 2.75) is 41.4 Å². The molecule has 1 heteroatoms. The molecule has 0 nitrogen and oxygen atoms in total. The van der Waals surface area contributed by atoms with Gasteiger partial charge in [0.05, 0.1) is 0 Å². The third-order valence-corrected chi connectivity index (χ3v) is 12.3. The van der Waals surface area contributed by atoms with Crippen molar-refractivity contribution < 1.29 is 21.8 Å². The Balaban J connectivity index is 1.89. The molecule has 0 amide bonds. The zero-order chi connectivity index (χ0) is 16.8. The van der Waals surface area contributed by atoms with E-state index in [2.05, 4.69) is 80.6 Å². The van der Waals surface area contributed by atoms with Gasteiger partial charge in [-0.2, -0.15) is 0 Å². The van der Waals surface area contributed by atoms with Crippen LogP contribution in [-0.2, 0) is 30.0 Å². The van der Waals surface area contributed by atoms with Crippen LogP contribution in [0.3, 0.4) is 0 Å². The van der Waals surface area contributed by atoms with Crippen LogP contribution in [0, 0.1) is 0 Å². The average Bonchev–Trinajstić information content (AvgIpc) is 2.97. The molecule has 0 N–H and O–H groups in total. The molecule has 0 saturated carbocycles. The molecule has 2 aromatic carbocycles. The predicted octanol–water partition coefficient (Wildman–Crippen LogP) is 6.41. The normalized spacial score (nSPS) is 14.0. The van der Waals surface area contributed by atoms with E-state index in [4.69, 9.17) is 0 Å². The molecule has 0 aliphatic heterocycles. The summed E-state index contributed by atoms with van der Waals surface area (Å²) in [7, 11) is 0. The molecule has 2 aromatic rings. The van der Waals surface area contributed by atoms with Crippen LogP contribution in [0.4, 0.5) is 0 Å². The summed E-state index contributed by atoms with van der Waals surface area (Å²) in [5, 5.41) is 0. The number of allylic oxidation sites excluding steroid dienone is 4. The molecule has 123 valence electrons. The summed E-state index contributed by atoms with van der Waals surface area (Å²) in [6.45, 7) is 4.64. The second-order valence-corrected chi connectivity index (χ2v) is 12.9. The van der Waals surface area contributed by atoms with E-state index in [0.717, 1.165) is 0 Å². The first kappa shape index (κ1) is 17.6. The Labute approximate surface area is 155 Å². The molecule has 24 heavy (non-hydrogen) atoms. The van der Waals surface area contributed by atoms with Gasteiger partial charge in [-0.1, -0.05) is 0 Å². The van der Waals surface area contributed by atoms with Gasteiger partial charge in [0.2, 0.25) is 0 Å². The molecule has 0 spiro atoms. The van der Waals surface area contributed by atoms with Gasteiger partial charge in [-0.15, -0.1) is 0 Å². The van der Waals surface area contributed by atoms with Crippen LogP contribution in [0.5, 0.6) is 0 Å². The minimum atomic E-state index is -1.72. The van der Waals surface area contributed by atoms with Gasteiger partial charge < -0.3 is 0 Å². The predicted molar refractivity (Wildman–Crippen MR) is 101 cm³/mol. The van der Waals surface area contributed by atoms with Crippen molar-refractivity contribution in [2.24, 2.45) is 0 Å². The van der Waals surface area contributed by atoms with Crippen LogP contribution < -0.4 is 0 Å². The second-order valence-electron chi connectivity index (χ2n) is 6.73. The maximum atomic E-state index is 2.48. The van der Waals surface area contributed by atoms with Crippen LogP contribution in [0.25, 0.3) is 0 Å². The quantitative estimate of drug-likeness (QED) is 0.509. The Morgan fingerprint density at radius 1 is 0.833 bits per heavy atom. The summed E-state index contributed by atoms with van der Waals surface area (Å²) in [5.74, 6) is 0. The topological polar surface area (TPSA) is 0 Å². The SMILES string of the molecule is CCCC1=[C]([Zr]([CH2]c2ccccc2)[CH2]c2ccccc2)CC=C1C. The molecule has 0 heterocycles. The van der Waals surface area contributed by atoms with E-state index in [0.29, 0.717) is 0 Å². The first-order valence-corrected chi connectivity index (χ1v) is 13.8. The third kappa shape index (κ3) is 4.45. The van der Waals surface area contributed by atoms with Crippen LogP contribution >= 0.6 is 0 Å². The molecule has 0 bridgehead atoms. The molecular formula is C23H27Zr. The van der Waals surface area contributed by atoms with Crippen molar-refractivity contribution in [1.82, 2.24) is 0 Å². The standard InChI is InChI=1S/C9H13.2C7H7.Zr/c1-3-5-9-7-4-6-8(9)2;2*1-7-5-3-2-4-6-7;/h6H,3-5H2,1-2H3;2*2-6H,1H2;. The summed E-state index contributed by atoms with van der Waals surface area (Å²) >= 11 is -1.72. The van der Waals surface area contributed by atoms with Crippen LogP contribution in [0.15, 0.2) is 81.2 Å². The average molecular weight is 395 g/mol. The molecule has 0 unspecified atom stereocenters. The molecular weight excluding hydrogens is 367 g/mol. The van der Waals surface area contributed by atoms with Crippen molar-refractivity contribution in [1.29, 1.82) is 0 Å². The van der Waals surface area contributed by atoms with E-state index in [1.54, 1.807) is 11.1 Å². The fourth-order valence-electron chi connectivity index (χ4n) is 3.66. The number of hydrogen-bond acceptors (Lipinski definition) is 0. The Bertz CT molecular complexity index is 669. The summed E-state index contributed by atoms with van der Waals surface area (Å²) in [4.78, 5) is 0. The first-order valence-electron chi connectivity index (χ1n) is 9.10. The number of benzene rings is 2. The van der Waals surface area contributed by atoms with Gasteiger partial charge >= 0.3 is 155 Å². The van der Waals surface area contributed by atoms with E-state index in [1.165, 1.54) is 38.6 Å². The zero-order valence-corrected chi connectivity index (χ0v) is 17.3. The van der Waals surface area contributed by atoms with E-state index in [1.807, 2.05) is 3.28 Å². The number of rotatable bonds is 7. The second kappa shape index (κ2) is 8.77. The van der Waals surface area contributed by atoms with Crippen LogP contribution in [0.1, 0.15) is 44.2 Å². The molecule has 0 atom stereocenters. The molecule has 0 aromatic heterocycles. The monoisotopic (exact) mass is 393 g/mol. The first-order chi connectivity index (χ1) is 11.8. The van der Waals surface area contributed by atoms with Gasteiger partial charge in [0, 0.05) is 0 Å². The fraction of sp³-hybridized carbons (Fsp3) is 0.304. The molecule has 1 aliphatic carbocycles. The van der Waals surface area contributed by atoms with Crippen molar-refractivity contribution in [2.75, 3.05) is 0 Å². The Morgan fingerprint density at radius 2 is 1.38 bits per heavy atom. The maximum absolute atomic E-state index is 2.48. The molecule has 1 aliphatic rings. The Hall–Kier alpha value is -1.20. The van der Waals surface area contributed by atoms with E-state index in [-0.39, 0.29) is 0 Å². The minimum absolute atomic E-state index is 1.23. The summed E-state index contributed by atoms with van der Waals surface area (Å²) < 4.78 is 4.55. The van der Waals surface area contributed by atoms with Crippen LogP contribution in [-0.4, -0.2) is 0 Å². The summed E-state index contributed by atoms with van der Waals surface area (Å²) in [6.07, 6.45) is 6.24. The molecule has 0 radical (unpaired) electrons. The van der Waals surface area contributed by atoms with Gasteiger partial charge in [-0.25, -0.2) is 0 Å². The van der Waals surface area contributed by atoms with Crippen molar-refractivity contribution >= 4 is 0 Å². The summed E-state index contributed by atoms with van der Waals surface area (Å²) in [5.41, 5.74) is 6.36. The van der Waals surface area contributed by atoms with Crippen LogP contribution in [0.2, 0.25) is 0 Å². The molecule has 0 saturated heterocycles. The van der Waals surface area contributed by atoms with E-state index in [9.17, 15) is 0 Å². The van der Waals surface area contributed by atoms with E-state index >= 15 is 0 Å². The van der Waals surface area contributed by atoms with E-state index < -0.39 is 21.8 Å². The zero-order valence-electron chi connectivity index (χ0n) is 14.9. The Morgan fingerprint density at radius 3 is 1.88 bits per heavy atom.